The van der Waals surface area contributed by atoms with Gasteiger partial charge in [-0.2, -0.15) is 0 Å². The summed E-state index contributed by atoms with van der Waals surface area (Å²) < 4.78 is 22.1. The van der Waals surface area contributed by atoms with Gasteiger partial charge in [-0.3, -0.25) is 5.32 Å². The second kappa shape index (κ2) is 11.6. The van der Waals surface area contributed by atoms with Crippen molar-refractivity contribution in [2.45, 2.75) is 44.8 Å². The minimum atomic E-state index is -0.620. The Morgan fingerprint density at radius 2 is 1.97 bits per heavy atom. The number of nitrogens with zero attached hydrogens (tertiary/aromatic N) is 2. The van der Waals surface area contributed by atoms with Gasteiger partial charge in [0.1, 0.15) is 17.0 Å². The SMILES string of the molecule is CN(CCOCCOC/C=C/c1cnc2c(c1)C1(CCNCC1)OC(=O)N2)C(=O)OC(C)(C)C. The third-order valence-electron chi connectivity index (χ3n) is 5.49. The molecule has 1 saturated heterocycles. The van der Waals surface area contributed by atoms with Crippen molar-refractivity contribution in [3.05, 3.63) is 29.5 Å². The molecule has 3 heterocycles. The van der Waals surface area contributed by atoms with Crippen molar-refractivity contribution in [1.29, 1.82) is 0 Å². The van der Waals surface area contributed by atoms with Crippen LogP contribution in [0.3, 0.4) is 0 Å². The van der Waals surface area contributed by atoms with E-state index < -0.39 is 17.3 Å². The van der Waals surface area contributed by atoms with E-state index in [2.05, 4.69) is 15.6 Å². The van der Waals surface area contributed by atoms with Crippen molar-refractivity contribution >= 4 is 24.1 Å². The molecule has 0 aliphatic carbocycles. The van der Waals surface area contributed by atoms with E-state index in [1.54, 1.807) is 13.2 Å². The molecule has 2 aliphatic heterocycles. The molecule has 1 fully saturated rings. The first-order chi connectivity index (χ1) is 16.2. The second-order valence-corrected chi connectivity index (χ2v) is 9.42. The second-order valence-electron chi connectivity index (χ2n) is 9.42. The lowest BCUT2D eigenvalue weighted by atomic mass is 9.83. The molecule has 1 aromatic rings. The molecule has 3 rings (SSSR count). The predicted molar refractivity (Wildman–Crippen MR) is 128 cm³/mol. The first kappa shape index (κ1) is 25.9. The van der Waals surface area contributed by atoms with Crippen molar-refractivity contribution < 1.29 is 28.5 Å². The zero-order valence-corrected chi connectivity index (χ0v) is 20.5. The molecule has 0 atom stereocenters. The molecular formula is C24H36N4O6. The van der Waals surface area contributed by atoms with Gasteiger partial charge in [-0.1, -0.05) is 12.2 Å². The topological polar surface area (TPSA) is 111 Å². The molecule has 10 nitrogen and oxygen atoms in total. The highest BCUT2D eigenvalue weighted by Gasteiger charge is 2.43. The summed E-state index contributed by atoms with van der Waals surface area (Å²) in [6, 6.07) is 2.02. The van der Waals surface area contributed by atoms with Gasteiger partial charge in [0.25, 0.3) is 0 Å². The summed E-state index contributed by atoms with van der Waals surface area (Å²) in [6.45, 7) is 9.25. The van der Waals surface area contributed by atoms with E-state index in [0.29, 0.717) is 38.8 Å². The molecule has 2 amide bonds. The number of amides is 2. The summed E-state index contributed by atoms with van der Waals surface area (Å²) >= 11 is 0. The van der Waals surface area contributed by atoms with Gasteiger partial charge in [-0.25, -0.2) is 14.6 Å². The molecule has 1 spiro atoms. The lowest BCUT2D eigenvalue weighted by molar-refractivity contribution is -0.0130. The van der Waals surface area contributed by atoms with Gasteiger partial charge < -0.3 is 29.2 Å². The van der Waals surface area contributed by atoms with Crippen molar-refractivity contribution in [2.75, 3.05) is 58.4 Å². The largest absolute Gasteiger partial charge is 0.444 e. The zero-order chi connectivity index (χ0) is 24.6. The fourth-order valence-electron chi connectivity index (χ4n) is 3.76. The van der Waals surface area contributed by atoms with Crippen molar-refractivity contribution in [3.63, 3.8) is 0 Å². The molecule has 0 saturated carbocycles. The van der Waals surface area contributed by atoms with Gasteiger partial charge in [0, 0.05) is 38.2 Å². The van der Waals surface area contributed by atoms with E-state index in [1.165, 1.54) is 4.90 Å². The van der Waals surface area contributed by atoms with Crippen LogP contribution in [-0.4, -0.2) is 80.8 Å². The standard InChI is InChI=1S/C24H36N4O6/c1-23(2,3)34-22(30)28(4)11-13-32-15-14-31-12-5-6-18-16-19-20(26-17-18)27-21(29)33-24(19)7-9-25-10-8-24/h5-6,16-17,25H,7-15H2,1-4H3,(H,26,27,29)/b6-5+. The number of piperidine rings is 1. The third kappa shape index (κ3) is 7.41. The van der Waals surface area contributed by atoms with Crippen LogP contribution in [0.25, 0.3) is 6.08 Å². The number of pyridine rings is 1. The van der Waals surface area contributed by atoms with Crippen LogP contribution in [0.1, 0.15) is 44.7 Å². The van der Waals surface area contributed by atoms with Gasteiger partial charge in [0.05, 0.1) is 26.4 Å². The minimum Gasteiger partial charge on any atom is -0.444 e. The van der Waals surface area contributed by atoms with E-state index in [-0.39, 0.29) is 6.09 Å². The Hall–Kier alpha value is -2.69. The third-order valence-corrected chi connectivity index (χ3v) is 5.49. The summed E-state index contributed by atoms with van der Waals surface area (Å²) in [5.41, 5.74) is 0.703. The molecule has 1 aromatic heterocycles. The average molecular weight is 477 g/mol. The fraction of sp³-hybridized carbons (Fsp3) is 0.625. The van der Waals surface area contributed by atoms with Crippen molar-refractivity contribution in [1.82, 2.24) is 15.2 Å². The monoisotopic (exact) mass is 476 g/mol. The highest BCUT2D eigenvalue weighted by Crippen LogP contribution is 2.41. The van der Waals surface area contributed by atoms with Gasteiger partial charge >= 0.3 is 12.2 Å². The summed E-state index contributed by atoms with van der Waals surface area (Å²) in [6.07, 6.45) is 6.20. The lowest BCUT2D eigenvalue weighted by Gasteiger charge is -2.40. The predicted octanol–water partition coefficient (Wildman–Crippen LogP) is 3.14. The lowest BCUT2D eigenvalue weighted by Crippen LogP contribution is -2.47. The highest BCUT2D eigenvalue weighted by molar-refractivity contribution is 5.87. The van der Waals surface area contributed by atoms with Crippen LogP contribution < -0.4 is 10.6 Å². The Balaban J connectivity index is 1.37. The van der Waals surface area contributed by atoms with Crippen LogP contribution in [0.4, 0.5) is 15.4 Å². The quantitative estimate of drug-likeness (QED) is 0.523. The molecule has 0 unspecified atom stereocenters. The molecule has 2 N–H and O–H groups in total. The van der Waals surface area contributed by atoms with Gasteiger partial charge in [-0.05, 0) is 45.5 Å². The first-order valence-corrected chi connectivity index (χ1v) is 11.7. The Labute approximate surface area is 201 Å². The highest BCUT2D eigenvalue weighted by atomic mass is 16.6. The van der Waals surface area contributed by atoms with E-state index >= 15 is 0 Å². The number of ether oxygens (including phenoxy) is 4. The molecule has 0 radical (unpaired) electrons. The van der Waals surface area contributed by atoms with Crippen LogP contribution in [0.5, 0.6) is 0 Å². The normalized spacial score (nSPS) is 17.2. The van der Waals surface area contributed by atoms with Crippen molar-refractivity contribution in [3.8, 4) is 0 Å². The smallest absolute Gasteiger partial charge is 0.413 e. The fourth-order valence-corrected chi connectivity index (χ4v) is 3.76. The van der Waals surface area contributed by atoms with Gasteiger partial charge in [0.2, 0.25) is 0 Å². The van der Waals surface area contributed by atoms with E-state index in [9.17, 15) is 9.59 Å². The number of carbonyl (C=O) groups is 2. The Morgan fingerprint density at radius 3 is 2.71 bits per heavy atom. The van der Waals surface area contributed by atoms with E-state index in [0.717, 1.165) is 37.1 Å². The maximum absolute atomic E-state index is 12.0. The number of fused-ring (bicyclic) bond motifs is 2. The van der Waals surface area contributed by atoms with Crippen LogP contribution in [0.15, 0.2) is 18.3 Å². The molecule has 2 aliphatic rings. The number of hydrogen-bond acceptors (Lipinski definition) is 8. The number of rotatable bonds is 9. The molecule has 10 heteroatoms. The average Bonchev–Trinajstić information content (AvgIpc) is 2.77. The number of carbonyl (C=O) groups excluding carboxylic acids is 2. The first-order valence-electron chi connectivity index (χ1n) is 11.7. The number of likely N-dealkylation sites (N-methyl/N-ethyl adjacent to an activating group) is 1. The molecule has 188 valence electrons. The summed E-state index contributed by atoms with van der Waals surface area (Å²) in [5.74, 6) is 0.570. The number of anilines is 1. The Morgan fingerprint density at radius 1 is 1.24 bits per heavy atom. The van der Waals surface area contributed by atoms with Crippen LogP contribution in [0.2, 0.25) is 0 Å². The number of aromatic nitrogens is 1. The van der Waals surface area contributed by atoms with Crippen LogP contribution in [0, 0.1) is 0 Å². The Bertz CT molecular complexity index is 877. The maximum atomic E-state index is 12.0. The van der Waals surface area contributed by atoms with Crippen molar-refractivity contribution in [2.24, 2.45) is 0 Å². The van der Waals surface area contributed by atoms with Crippen LogP contribution >= 0.6 is 0 Å². The summed E-state index contributed by atoms with van der Waals surface area (Å²) in [7, 11) is 1.68. The molecule has 0 aromatic carbocycles. The number of nitrogens with one attached hydrogen (secondary N) is 2. The number of hydrogen-bond donors (Lipinski definition) is 2. The summed E-state index contributed by atoms with van der Waals surface area (Å²) in [5, 5.41) is 6.00. The molecule has 34 heavy (non-hydrogen) atoms. The molecule has 0 bridgehead atoms. The van der Waals surface area contributed by atoms with Gasteiger partial charge in [-0.15, -0.1) is 0 Å². The van der Waals surface area contributed by atoms with Crippen LogP contribution in [-0.2, 0) is 24.5 Å². The zero-order valence-electron chi connectivity index (χ0n) is 20.5. The Kier molecular flexibility index (Phi) is 8.87. The molecular weight excluding hydrogens is 440 g/mol. The van der Waals surface area contributed by atoms with Gasteiger partial charge in [0.15, 0.2) is 0 Å². The summed E-state index contributed by atoms with van der Waals surface area (Å²) in [4.78, 5) is 29.8. The maximum Gasteiger partial charge on any atom is 0.413 e. The van der Waals surface area contributed by atoms with E-state index in [4.69, 9.17) is 18.9 Å². The van der Waals surface area contributed by atoms with E-state index in [1.807, 2.05) is 39.0 Å². The minimum absolute atomic E-state index is 0.367.